The average Bonchev–Trinajstić information content (AvgIpc) is 2.74. The molecule has 0 aliphatic carbocycles. The molecule has 0 spiro atoms. The van der Waals surface area contributed by atoms with Crippen LogP contribution in [0.25, 0.3) is 0 Å². The van der Waals surface area contributed by atoms with Crippen molar-refractivity contribution in [2.45, 2.75) is 24.5 Å². The normalized spacial score (nSPS) is 28.9. The number of ether oxygens (including phenoxy) is 1. The number of aliphatic hydroxyl groups is 1. The lowest BCUT2D eigenvalue weighted by Gasteiger charge is -2.20. The summed E-state index contributed by atoms with van der Waals surface area (Å²) in [5, 5.41) is 9.14. The van der Waals surface area contributed by atoms with Crippen molar-refractivity contribution in [3.63, 3.8) is 0 Å². The first-order valence-electron chi connectivity index (χ1n) is 5.86. The van der Waals surface area contributed by atoms with E-state index in [1.807, 2.05) is 4.98 Å². The number of phosphoric acid groups is 1. The van der Waals surface area contributed by atoms with Crippen molar-refractivity contribution in [1.82, 2.24) is 9.55 Å². The maximum atomic E-state index is 12.8. The predicted octanol–water partition coefficient (Wildman–Crippen LogP) is -1.83. The number of nitrogens with zero attached hydrogens (tertiary/aromatic N) is 1. The number of aromatic amines is 1. The first-order chi connectivity index (χ1) is 10.3. The maximum Gasteiger partial charge on any atom is 0.470 e. The molecule has 0 saturated carbocycles. The number of aliphatic hydroxyl groups excluding tert-OH is 1. The van der Waals surface area contributed by atoms with Gasteiger partial charge >= 0.3 is 13.5 Å². The molecule has 1 fully saturated rings. The highest BCUT2D eigenvalue weighted by Gasteiger charge is 2.50. The molecular formula is C9H12FN2O9P. The van der Waals surface area contributed by atoms with E-state index in [-0.39, 0.29) is 0 Å². The van der Waals surface area contributed by atoms with Crippen LogP contribution in [0, 0.1) is 0 Å². The van der Waals surface area contributed by atoms with E-state index in [1.54, 1.807) is 0 Å². The van der Waals surface area contributed by atoms with E-state index < -0.39 is 50.2 Å². The van der Waals surface area contributed by atoms with Crippen LogP contribution < -0.4 is 11.2 Å². The van der Waals surface area contributed by atoms with Crippen LogP contribution >= 0.6 is 7.82 Å². The minimum absolute atomic E-state index is 0.710. The molecule has 0 radical (unpaired) electrons. The van der Waals surface area contributed by atoms with Crippen LogP contribution in [0.1, 0.15) is 6.23 Å². The van der Waals surface area contributed by atoms with E-state index in [1.165, 1.54) is 0 Å². The van der Waals surface area contributed by atoms with Crippen molar-refractivity contribution in [2.24, 2.45) is 0 Å². The van der Waals surface area contributed by atoms with Gasteiger partial charge < -0.3 is 19.6 Å². The predicted molar refractivity (Wildman–Crippen MR) is 65.2 cm³/mol. The molecule has 1 aromatic rings. The van der Waals surface area contributed by atoms with Crippen LogP contribution in [0.5, 0.6) is 0 Å². The Labute approximate surface area is 121 Å². The fraction of sp³-hybridized carbons (Fsp3) is 0.556. The molecular weight excluding hydrogens is 330 g/mol. The molecule has 1 saturated heterocycles. The number of rotatable bonds is 5. The molecule has 0 amide bonds. The van der Waals surface area contributed by atoms with Gasteiger partial charge in [0.15, 0.2) is 12.3 Å². The van der Waals surface area contributed by atoms with Gasteiger partial charge in [0.25, 0.3) is 5.56 Å². The van der Waals surface area contributed by atoms with Crippen molar-refractivity contribution in [1.29, 1.82) is 0 Å². The summed E-state index contributed by atoms with van der Waals surface area (Å²) >= 11 is 0. The van der Waals surface area contributed by atoms with Gasteiger partial charge in [-0.3, -0.25) is 18.9 Å². The van der Waals surface area contributed by atoms with Gasteiger partial charge in [0, 0.05) is 12.3 Å². The highest BCUT2D eigenvalue weighted by molar-refractivity contribution is 7.46. The number of aromatic nitrogens is 2. The second-order valence-corrected chi connectivity index (χ2v) is 5.57. The molecule has 4 atom stereocenters. The van der Waals surface area contributed by atoms with Crippen LogP contribution in [-0.2, 0) is 18.8 Å². The van der Waals surface area contributed by atoms with Gasteiger partial charge in [-0.1, -0.05) is 0 Å². The Bertz CT molecular complexity index is 684. The Balaban J connectivity index is 2.38. The van der Waals surface area contributed by atoms with Gasteiger partial charge in [0.05, 0.1) is 6.61 Å². The van der Waals surface area contributed by atoms with Gasteiger partial charge in [-0.25, -0.2) is 9.36 Å². The van der Waals surface area contributed by atoms with Crippen LogP contribution in [0.2, 0.25) is 0 Å². The summed E-state index contributed by atoms with van der Waals surface area (Å²) in [5.41, 5.74) is -1.67. The zero-order valence-corrected chi connectivity index (χ0v) is 11.6. The fourth-order valence-electron chi connectivity index (χ4n) is 2.09. The molecule has 1 aliphatic rings. The van der Waals surface area contributed by atoms with Gasteiger partial charge in [-0.2, -0.15) is 4.94 Å². The number of hydrogen-bond donors (Lipinski definition) is 4. The fourth-order valence-corrected chi connectivity index (χ4v) is 2.66. The Morgan fingerprint density at radius 3 is 2.59 bits per heavy atom. The minimum atomic E-state index is -5.04. The third-order valence-electron chi connectivity index (χ3n) is 2.95. The molecule has 22 heavy (non-hydrogen) atoms. The summed E-state index contributed by atoms with van der Waals surface area (Å²) < 4.78 is 33.9. The summed E-state index contributed by atoms with van der Waals surface area (Å²) in [7, 11) is -5.04. The maximum absolute atomic E-state index is 12.8. The van der Waals surface area contributed by atoms with Gasteiger partial charge in [0.1, 0.15) is 12.2 Å². The van der Waals surface area contributed by atoms with E-state index in [2.05, 4.69) is 9.47 Å². The smallest absolute Gasteiger partial charge is 0.394 e. The van der Waals surface area contributed by atoms with Crippen LogP contribution in [0.4, 0.5) is 4.53 Å². The second kappa shape index (κ2) is 6.38. The molecule has 2 rings (SSSR count). The van der Waals surface area contributed by atoms with E-state index in [4.69, 9.17) is 19.6 Å². The Hall–Kier alpha value is -1.40. The number of hydrogen-bond acceptors (Lipinski definition) is 7. The molecule has 0 unspecified atom stereocenters. The number of nitrogens with one attached hydrogen (secondary N) is 1. The molecule has 2 heterocycles. The van der Waals surface area contributed by atoms with Crippen LogP contribution in [0.15, 0.2) is 21.9 Å². The molecule has 4 N–H and O–H groups in total. The highest BCUT2D eigenvalue weighted by atomic mass is 31.2. The van der Waals surface area contributed by atoms with E-state index in [0.29, 0.717) is 0 Å². The third-order valence-corrected chi connectivity index (χ3v) is 3.47. The quantitative estimate of drug-likeness (QED) is 0.451. The first-order valence-corrected chi connectivity index (χ1v) is 7.39. The van der Waals surface area contributed by atoms with Gasteiger partial charge in [-0.15, -0.1) is 0 Å². The van der Waals surface area contributed by atoms with Crippen LogP contribution in [-0.4, -0.2) is 49.4 Å². The minimum Gasteiger partial charge on any atom is -0.394 e. The zero-order chi connectivity index (χ0) is 16.5. The lowest BCUT2D eigenvalue weighted by molar-refractivity contribution is -0.220. The van der Waals surface area contributed by atoms with Crippen molar-refractivity contribution in [3.05, 3.63) is 33.1 Å². The summed E-state index contributed by atoms with van der Waals surface area (Å²) in [6.45, 7) is -0.779. The van der Waals surface area contributed by atoms with Gasteiger partial charge in [-0.05, 0) is 4.53 Å². The summed E-state index contributed by atoms with van der Waals surface area (Å²) in [5.74, 6) is 0. The standard InChI is InChI=1S/C9H12FN2O9P/c10-20-7-6(21-22(16,17)18)4(3-13)19-8(7)12-2-1-5(14)11-9(12)15/h1-2,4,6-8,13H,3H2,(H,11,14,15)(H2,16,17,18)/t4-,6-,7-,8-/m1/s1. The van der Waals surface area contributed by atoms with E-state index in [0.717, 1.165) is 16.8 Å². The molecule has 13 heteroatoms. The third kappa shape index (κ3) is 3.50. The molecule has 11 nitrogen and oxygen atoms in total. The Kier molecular flexibility index (Phi) is 4.92. The van der Waals surface area contributed by atoms with Crippen LogP contribution in [0.3, 0.4) is 0 Å². The summed E-state index contributed by atoms with van der Waals surface area (Å²) in [4.78, 5) is 45.8. The van der Waals surface area contributed by atoms with Gasteiger partial charge in [0.2, 0.25) is 0 Å². The Morgan fingerprint density at radius 2 is 2.09 bits per heavy atom. The lowest BCUT2D eigenvalue weighted by Crippen LogP contribution is -2.39. The average molecular weight is 342 g/mol. The number of phosphoric ester groups is 1. The largest absolute Gasteiger partial charge is 0.470 e. The molecule has 124 valence electrons. The summed E-state index contributed by atoms with van der Waals surface area (Å²) in [6, 6.07) is 0.950. The van der Waals surface area contributed by atoms with Crippen molar-refractivity contribution in [2.75, 3.05) is 6.61 Å². The summed E-state index contributed by atoms with van der Waals surface area (Å²) in [6.07, 6.45) is -5.33. The number of H-pyrrole nitrogens is 1. The second-order valence-electron chi connectivity index (χ2n) is 4.38. The monoisotopic (exact) mass is 342 g/mol. The van der Waals surface area contributed by atoms with E-state index >= 15 is 0 Å². The molecule has 0 aromatic carbocycles. The topological polar surface area (TPSA) is 160 Å². The first kappa shape index (κ1) is 17.0. The Morgan fingerprint density at radius 1 is 1.41 bits per heavy atom. The highest BCUT2D eigenvalue weighted by Crippen LogP contribution is 2.44. The molecule has 1 aromatic heterocycles. The van der Waals surface area contributed by atoms with Crippen molar-refractivity contribution < 1.29 is 38.2 Å². The zero-order valence-electron chi connectivity index (χ0n) is 10.7. The molecule has 1 aliphatic heterocycles. The molecule has 0 bridgehead atoms. The lowest BCUT2D eigenvalue weighted by atomic mass is 10.1. The SMILES string of the molecule is O=c1ccn([C@@H]2O[C@H](CO)[C@@H](OP(=O)(O)O)[C@H]2OF)c(=O)[nH]1. The van der Waals surface area contributed by atoms with Crippen molar-refractivity contribution in [3.8, 4) is 0 Å². The number of halogens is 1. The van der Waals surface area contributed by atoms with Crippen molar-refractivity contribution >= 4 is 7.82 Å². The van der Waals surface area contributed by atoms with E-state index in [9.17, 15) is 18.7 Å².